The summed E-state index contributed by atoms with van der Waals surface area (Å²) in [7, 11) is -2.21. The van der Waals surface area contributed by atoms with Crippen LogP contribution in [0.5, 0.6) is 0 Å². The van der Waals surface area contributed by atoms with Gasteiger partial charge in [-0.2, -0.15) is 0 Å². The molecule has 2 atom stereocenters. The van der Waals surface area contributed by atoms with Crippen LogP contribution < -0.4 is 9.44 Å². The number of rotatable bonds is 6. The van der Waals surface area contributed by atoms with E-state index in [1.54, 1.807) is 0 Å². The largest absolute Gasteiger partial charge is 0.242 e. The molecule has 0 heterocycles. The molecule has 0 aromatic heterocycles. The highest BCUT2D eigenvalue weighted by molar-refractivity contribution is 7.84. The van der Waals surface area contributed by atoms with E-state index in [2.05, 4.69) is 9.44 Å². The van der Waals surface area contributed by atoms with Gasteiger partial charge in [0, 0.05) is 13.1 Å². The van der Waals surface area contributed by atoms with Crippen LogP contribution in [0.4, 0.5) is 0 Å². The molecule has 0 aliphatic carbocycles. The summed E-state index contributed by atoms with van der Waals surface area (Å²) < 4.78 is 29.7. The molecule has 0 amide bonds. The first-order valence-corrected chi connectivity index (χ1v) is 9.69. The lowest BCUT2D eigenvalue weighted by Gasteiger charge is -2.20. The molecule has 22 heavy (non-hydrogen) atoms. The van der Waals surface area contributed by atoms with Crippen molar-refractivity contribution in [2.45, 2.75) is 64.1 Å². The van der Waals surface area contributed by atoms with E-state index in [-0.39, 0.29) is 9.49 Å². The van der Waals surface area contributed by atoms with E-state index in [4.69, 9.17) is 0 Å². The van der Waals surface area contributed by atoms with Crippen molar-refractivity contribution in [3.05, 3.63) is 35.4 Å². The molecule has 0 saturated heterocycles. The van der Waals surface area contributed by atoms with Gasteiger partial charge in [-0.25, -0.2) is 17.9 Å². The predicted octanol–water partition coefficient (Wildman–Crippen LogP) is 2.79. The molecule has 6 heteroatoms. The molecule has 0 spiro atoms. The fourth-order valence-corrected chi connectivity index (χ4v) is 3.06. The van der Waals surface area contributed by atoms with Crippen LogP contribution in [0.1, 0.15) is 52.7 Å². The maximum Gasteiger partial charge on any atom is 0.0973 e. The van der Waals surface area contributed by atoms with E-state index in [1.807, 2.05) is 65.8 Å². The van der Waals surface area contributed by atoms with Crippen LogP contribution in [0.3, 0.4) is 0 Å². The van der Waals surface area contributed by atoms with Crippen molar-refractivity contribution in [1.82, 2.24) is 9.44 Å². The standard InChI is InChI=1S/C16H28N2O2S2/c1-15(2,3)21(19)17-11-13-9-7-8-10-14(13)12-18-22(20)16(4,5)6/h7-10,17-18H,11-12H2,1-6H3. The van der Waals surface area contributed by atoms with Crippen LogP contribution in [-0.2, 0) is 35.1 Å². The third kappa shape index (κ3) is 6.28. The van der Waals surface area contributed by atoms with Crippen molar-refractivity contribution in [2.75, 3.05) is 0 Å². The fourth-order valence-electron chi connectivity index (χ4n) is 1.62. The minimum Gasteiger partial charge on any atom is -0.242 e. The molecule has 0 radical (unpaired) electrons. The van der Waals surface area contributed by atoms with Crippen molar-refractivity contribution < 1.29 is 8.42 Å². The Balaban J connectivity index is 2.70. The minimum atomic E-state index is -1.10. The summed E-state index contributed by atoms with van der Waals surface area (Å²) in [5, 5.41) is 0. The molecule has 1 aromatic carbocycles. The van der Waals surface area contributed by atoms with E-state index < -0.39 is 22.0 Å². The molecule has 1 aromatic rings. The van der Waals surface area contributed by atoms with Gasteiger partial charge in [0.1, 0.15) is 0 Å². The number of benzene rings is 1. The van der Waals surface area contributed by atoms with Crippen LogP contribution in [-0.4, -0.2) is 17.9 Å². The van der Waals surface area contributed by atoms with E-state index in [0.29, 0.717) is 13.1 Å². The highest BCUT2D eigenvalue weighted by Crippen LogP contribution is 2.14. The number of nitrogens with one attached hydrogen (secondary N) is 2. The summed E-state index contributed by atoms with van der Waals surface area (Å²) in [6.07, 6.45) is 0. The summed E-state index contributed by atoms with van der Waals surface area (Å²) >= 11 is 0. The average Bonchev–Trinajstić information content (AvgIpc) is 2.40. The predicted molar refractivity (Wildman–Crippen MR) is 95.9 cm³/mol. The second-order valence-electron chi connectivity index (χ2n) is 7.17. The molecule has 0 aliphatic heterocycles. The van der Waals surface area contributed by atoms with Gasteiger partial charge in [0.15, 0.2) is 0 Å². The summed E-state index contributed by atoms with van der Waals surface area (Å²) in [4.78, 5) is 0. The Morgan fingerprint density at radius 1 is 0.773 bits per heavy atom. The van der Waals surface area contributed by atoms with Gasteiger partial charge in [-0.05, 0) is 52.7 Å². The van der Waals surface area contributed by atoms with E-state index >= 15 is 0 Å². The van der Waals surface area contributed by atoms with Gasteiger partial charge in [-0.3, -0.25) is 0 Å². The summed E-state index contributed by atoms with van der Waals surface area (Å²) in [6.45, 7) is 12.7. The highest BCUT2D eigenvalue weighted by Gasteiger charge is 2.20. The van der Waals surface area contributed by atoms with Gasteiger partial charge >= 0.3 is 0 Å². The van der Waals surface area contributed by atoms with E-state index in [1.165, 1.54) is 0 Å². The number of hydrogen-bond donors (Lipinski definition) is 2. The van der Waals surface area contributed by atoms with Crippen molar-refractivity contribution in [2.24, 2.45) is 0 Å². The first kappa shape index (κ1) is 19.5. The molecular formula is C16H28N2O2S2. The molecule has 2 N–H and O–H groups in total. The summed E-state index contributed by atoms with van der Waals surface area (Å²) in [6, 6.07) is 7.93. The Hall–Kier alpha value is -0.560. The van der Waals surface area contributed by atoms with E-state index in [9.17, 15) is 8.42 Å². The minimum absolute atomic E-state index is 0.291. The van der Waals surface area contributed by atoms with Gasteiger partial charge in [0.25, 0.3) is 0 Å². The normalized spacial score (nSPS) is 15.5. The molecule has 2 unspecified atom stereocenters. The Labute approximate surface area is 139 Å². The van der Waals surface area contributed by atoms with Crippen LogP contribution in [0, 0.1) is 0 Å². The van der Waals surface area contributed by atoms with Crippen LogP contribution in [0.25, 0.3) is 0 Å². The van der Waals surface area contributed by atoms with Gasteiger partial charge in [0.2, 0.25) is 0 Å². The smallest absolute Gasteiger partial charge is 0.0973 e. The molecular weight excluding hydrogens is 316 g/mol. The van der Waals surface area contributed by atoms with Crippen molar-refractivity contribution in [1.29, 1.82) is 0 Å². The molecule has 4 nitrogen and oxygen atoms in total. The zero-order chi connectivity index (χ0) is 17.0. The first-order chi connectivity index (χ1) is 10.0. The Morgan fingerprint density at radius 2 is 1.09 bits per heavy atom. The topological polar surface area (TPSA) is 58.2 Å². The third-order valence-corrected chi connectivity index (χ3v) is 6.06. The second-order valence-corrected chi connectivity index (χ2v) is 11.3. The van der Waals surface area contributed by atoms with Gasteiger partial charge < -0.3 is 0 Å². The Bertz CT molecular complexity index is 497. The molecule has 1 rings (SSSR count). The lowest BCUT2D eigenvalue weighted by atomic mass is 10.1. The third-order valence-electron chi connectivity index (χ3n) is 3.02. The quantitative estimate of drug-likeness (QED) is 0.834. The highest BCUT2D eigenvalue weighted by atomic mass is 32.2. The molecule has 0 fully saturated rings. The second kappa shape index (κ2) is 7.81. The van der Waals surface area contributed by atoms with Gasteiger partial charge in [0.05, 0.1) is 31.5 Å². The lowest BCUT2D eigenvalue weighted by molar-refractivity contribution is 0.631. The summed E-state index contributed by atoms with van der Waals surface area (Å²) in [5.74, 6) is 0. The molecule has 0 aliphatic rings. The molecule has 0 saturated carbocycles. The Kier molecular flexibility index (Phi) is 6.92. The van der Waals surface area contributed by atoms with Crippen LogP contribution in [0.15, 0.2) is 24.3 Å². The molecule has 126 valence electrons. The zero-order valence-electron chi connectivity index (χ0n) is 14.4. The Morgan fingerprint density at radius 3 is 1.36 bits per heavy atom. The van der Waals surface area contributed by atoms with Crippen molar-refractivity contribution in [3.63, 3.8) is 0 Å². The van der Waals surface area contributed by atoms with Gasteiger partial charge in [-0.15, -0.1) is 0 Å². The first-order valence-electron chi connectivity index (χ1n) is 7.39. The monoisotopic (exact) mass is 344 g/mol. The number of hydrogen-bond acceptors (Lipinski definition) is 2. The zero-order valence-corrected chi connectivity index (χ0v) is 16.0. The maximum atomic E-state index is 12.1. The molecule has 0 bridgehead atoms. The SMILES string of the molecule is CC(C)(C)S(=O)NCc1ccccc1CNS(=O)C(C)(C)C. The van der Waals surface area contributed by atoms with E-state index in [0.717, 1.165) is 11.1 Å². The van der Waals surface area contributed by atoms with Gasteiger partial charge in [-0.1, -0.05) is 24.3 Å². The maximum absolute atomic E-state index is 12.1. The van der Waals surface area contributed by atoms with Crippen molar-refractivity contribution in [3.8, 4) is 0 Å². The fraction of sp³-hybridized carbons (Fsp3) is 0.625. The van der Waals surface area contributed by atoms with Crippen LogP contribution >= 0.6 is 0 Å². The lowest BCUT2D eigenvalue weighted by Crippen LogP contribution is -2.34. The van der Waals surface area contributed by atoms with Crippen LogP contribution in [0.2, 0.25) is 0 Å². The van der Waals surface area contributed by atoms with Crippen molar-refractivity contribution >= 4 is 22.0 Å². The average molecular weight is 345 g/mol. The summed E-state index contributed by atoms with van der Waals surface area (Å²) in [5.41, 5.74) is 2.14.